The first-order chi connectivity index (χ1) is 19.1. The lowest BCUT2D eigenvalue weighted by Crippen LogP contribution is -2.50. The number of nitrogens with zero attached hydrogens (tertiary/aromatic N) is 3. The number of rotatable bonds is 7. The van der Waals surface area contributed by atoms with Gasteiger partial charge in [0.25, 0.3) is 5.56 Å². The molecule has 0 radical (unpaired) electrons. The number of fused-ring (bicyclic) bond motifs is 1. The molecule has 3 heterocycles. The molecule has 0 saturated carbocycles. The van der Waals surface area contributed by atoms with Crippen molar-refractivity contribution in [3.8, 4) is 11.1 Å². The van der Waals surface area contributed by atoms with Crippen molar-refractivity contribution in [1.29, 1.82) is 0 Å². The van der Waals surface area contributed by atoms with Crippen LogP contribution in [0.15, 0.2) is 113 Å². The van der Waals surface area contributed by atoms with Gasteiger partial charge in [-0.15, -0.1) is 0 Å². The number of hydrogen-bond acceptors (Lipinski definition) is 5. The highest BCUT2D eigenvalue weighted by Crippen LogP contribution is 2.34. The lowest BCUT2D eigenvalue weighted by molar-refractivity contribution is -0.123. The molecule has 0 amide bonds. The molecule has 7 heteroatoms. The van der Waals surface area contributed by atoms with Crippen molar-refractivity contribution in [2.45, 2.75) is 25.1 Å². The molecule has 196 valence electrons. The first-order valence-corrected chi connectivity index (χ1v) is 13.2. The largest absolute Gasteiger partial charge is 0.368 e. The molecule has 0 bridgehead atoms. The number of para-hydroxylation sites is 1. The monoisotopic (exact) mass is 518 g/mol. The van der Waals surface area contributed by atoms with Crippen molar-refractivity contribution >= 4 is 10.9 Å². The van der Waals surface area contributed by atoms with Gasteiger partial charge >= 0.3 is 5.69 Å². The van der Waals surface area contributed by atoms with E-state index in [1.54, 1.807) is 24.5 Å². The quantitative estimate of drug-likeness (QED) is 0.342. The minimum absolute atomic E-state index is 0.252. The van der Waals surface area contributed by atoms with E-state index in [0.717, 1.165) is 29.8 Å². The van der Waals surface area contributed by atoms with Gasteiger partial charge < -0.3 is 9.72 Å². The lowest BCUT2D eigenvalue weighted by atomic mass is 9.88. The fourth-order valence-corrected chi connectivity index (χ4v) is 5.50. The van der Waals surface area contributed by atoms with E-state index < -0.39 is 11.3 Å². The Morgan fingerprint density at radius 1 is 0.846 bits per heavy atom. The van der Waals surface area contributed by atoms with Gasteiger partial charge in [-0.05, 0) is 46.5 Å². The van der Waals surface area contributed by atoms with Crippen LogP contribution in [-0.4, -0.2) is 39.1 Å². The van der Waals surface area contributed by atoms with Crippen molar-refractivity contribution in [1.82, 2.24) is 19.4 Å². The Morgan fingerprint density at radius 2 is 1.56 bits per heavy atom. The van der Waals surface area contributed by atoms with E-state index >= 15 is 0 Å². The summed E-state index contributed by atoms with van der Waals surface area (Å²) < 4.78 is 7.81. The summed E-state index contributed by atoms with van der Waals surface area (Å²) in [5, 5.41) is 0.507. The number of ether oxygens (including phenoxy) is 1. The predicted octanol–water partition coefficient (Wildman–Crippen LogP) is 4.57. The molecule has 0 aliphatic carbocycles. The van der Waals surface area contributed by atoms with Crippen LogP contribution in [0.2, 0.25) is 0 Å². The molecular weight excluding hydrogens is 488 g/mol. The van der Waals surface area contributed by atoms with Gasteiger partial charge in [0.1, 0.15) is 5.60 Å². The Morgan fingerprint density at radius 3 is 2.36 bits per heavy atom. The smallest absolute Gasteiger partial charge is 0.328 e. The zero-order valence-corrected chi connectivity index (χ0v) is 21.6. The molecule has 3 aromatic carbocycles. The maximum atomic E-state index is 13.2. The summed E-state index contributed by atoms with van der Waals surface area (Å²) in [5.74, 6) is 0. The number of aromatic nitrogens is 3. The van der Waals surface area contributed by atoms with Gasteiger partial charge in [-0.2, -0.15) is 0 Å². The van der Waals surface area contributed by atoms with Crippen molar-refractivity contribution in [2.75, 3.05) is 19.7 Å². The van der Waals surface area contributed by atoms with Gasteiger partial charge in [-0.1, -0.05) is 66.7 Å². The molecule has 39 heavy (non-hydrogen) atoms. The van der Waals surface area contributed by atoms with Crippen molar-refractivity contribution in [3.63, 3.8) is 0 Å². The molecule has 5 aromatic rings. The van der Waals surface area contributed by atoms with Crippen molar-refractivity contribution < 1.29 is 4.74 Å². The highest BCUT2D eigenvalue weighted by atomic mass is 16.5. The summed E-state index contributed by atoms with van der Waals surface area (Å²) >= 11 is 0. The van der Waals surface area contributed by atoms with Crippen LogP contribution < -0.4 is 11.2 Å². The zero-order valence-electron chi connectivity index (χ0n) is 21.6. The van der Waals surface area contributed by atoms with Gasteiger partial charge in [0, 0.05) is 45.0 Å². The van der Waals surface area contributed by atoms with Crippen LogP contribution in [0.4, 0.5) is 0 Å². The maximum absolute atomic E-state index is 13.2. The predicted molar refractivity (Wildman–Crippen MR) is 152 cm³/mol. The summed E-state index contributed by atoms with van der Waals surface area (Å²) in [7, 11) is 0. The van der Waals surface area contributed by atoms with Crippen LogP contribution in [0.25, 0.3) is 22.0 Å². The second kappa shape index (κ2) is 10.8. The van der Waals surface area contributed by atoms with Crippen LogP contribution in [0, 0.1) is 0 Å². The first-order valence-electron chi connectivity index (χ1n) is 13.2. The van der Waals surface area contributed by atoms with E-state index in [1.165, 1.54) is 10.1 Å². The molecule has 1 atom stereocenters. The SMILES string of the molecule is O=c1[nH]c2ccccc2c(=O)n1CC[C@@]1(c2ccccc2)CN(Cc2ccc(-c3ccncc3)cc2)CCO1. The molecule has 0 unspecified atom stereocenters. The lowest BCUT2D eigenvalue weighted by Gasteiger charge is -2.43. The van der Waals surface area contributed by atoms with E-state index in [1.807, 2.05) is 42.5 Å². The molecular formula is C32H30N4O3. The van der Waals surface area contributed by atoms with Gasteiger partial charge in [0.2, 0.25) is 0 Å². The Kier molecular flexibility index (Phi) is 6.92. The minimum Gasteiger partial charge on any atom is -0.368 e. The molecule has 0 spiro atoms. The standard InChI is InChI=1S/C32H30N4O3/c37-30-28-8-4-5-9-29(28)34-31(38)36(30)19-16-32(27-6-2-1-3-7-27)23-35(20-21-39-32)22-24-10-12-25(13-11-24)26-14-17-33-18-15-26/h1-15,17-18H,16,19-23H2,(H,34,38)/t32-/m0/s1. The number of aromatic amines is 1. The third kappa shape index (κ3) is 5.19. The number of nitrogens with one attached hydrogen (secondary N) is 1. The van der Waals surface area contributed by atoms with Crippen LogP contribution in [0.3, 0.4) is 0 Å². The molecule has 1 aliphatic heterocycles. The highest BCUT2D eigenvalue weighted by molar-refractivity contribution is 5.76. The third-order valence-corrected chi connectivity index (χ3v) is 7.57. The zero-order chi connectivity index (χ0) is 26.7. The van der Waals surface area contributed by atoms with Crippen LogP contribution in [0.5, 0.6) is 0 Å². The van der Waals surface area contributed by atoms with Crippen molar-refractivity contribution in [3.05, 3.63) is 135 Å². The number of hydrogen-bond donors (Lipinski definition) is 1. The fourth-order valence-electron chi connectivity index (χ4n) is 5.50. The number of H-pyrrole nitrogens is 1. The fraction of sp³-hybridized carbons (Fsp3) is 0.219. The van der Waals surface area contributed by atoms with Gasteiger partial charge in [0.15, 0.2) is 0 Å². The average Bonchev–Trinajstić information content (AvgIpc) is 2.98. The summed E-state index contributed by atoms with van der Waals surface area (Å²) in [6.07, 6.45) is 4.11. The van der Waals surface area contributed by atoms with Gasteiger partial charge in [0.05, 0.1) is 17.5 Å². The van der Waals surface area contributed by atoms with Gasteiger partial charge in [-0.25, -0.2) is 4.79 Å². The van der Waals surface area contributed by atoms with Crippen LogP contribution in [0.1, 0.15) is 17.5 Å². The average molecular weight is 519 g/mol. The third-order valence-electron chi connectivity index (χ3n) is 7.57. The molecule has 1 fully saturated rings. The first kappa shape index (κ1) is 25.0. The highest BCUT2D eigenvalue weighted by Gasteiger charge is 2.38. The van der Waals surface area contributed by atoms with Crippen LogP contribution in [-0.2, 0) is 23.4 Å². The van der Waals surface area contributed by atoms with E-state index in [4.69, 9.17) is 4.74 Å². The molecule has 7 nitrogen and oxygen atoms in total. The number of morpholine rings is 1. The molecule has 1 aliphatic rings. The van der Waals surface area contributed by atoms with E-state index in [2.05, 4.69) is 51.3 Å². The molecule has 1 saturated heterocycles. The summed E-state index contributed by atoms with van der Waals surface area (Å²) in [5.41, 5.74) is 3.80. The summed E-state index contributed by atoms with van der Waals surface area (Å²) in [6.45, 7) is 3.06. The summed E-state index contributed by atoms with van der Waals surface area (Å²) in [4.78, 5) is 35.4. The Balaban J connectivity index is 1.25. The Bertz CT molecular complexity index is 1680. The minimum atomic E-state index is -0.645. The van der Waals surface area contributed by atoms with Crippen molar-refractivity contribution in [2.24, 2.45) is 0 Å². The Hall–Kier alpha value is -4.33. The number of benzene rings is 3. The topological polar surface area (TPSA) is 80.2 Å². The second-order valence-corrected chi connectivity index (χ2v) is 10.0. The van der Waals surface area contributed by atoms with Gasteiger partial charge in [-0.3, -0.25) is 19.2 Å². The second-order valence-electron chi connectivity index (χ2n) is 10.0. The molecule has 2 aromatic heterocycles. The Labute approximate surface area is 226 Å². The summed E-state index contributed by atoms with van der Waals surface area (Å²) in [6, 6.07) is 29.9. The van der Waals surface area contributed by atoms with E-state index in [9.17, 15) is 9.59 Å². The molecule has 6 rings (SSSR count). The maximum Gasteiger partial charge on any atom is 0.328 e. The van der Waals surface area contributed by atoms with E-state index in [-0.39, 0.29) is 12.1 Å². The molecule has 1 N–H and O–H groups in total. The normalized spacial score (nSPS) is 17.8. The van der Waals surface area contributed by atoms with Crippen LogP contribution >= 0.6 is 0 Å². The number of pyridine rings is 1. The van der Waals surface area contributed by atoms with E-state index in [0.29, 0.717) is 30.5 Å².